The van der Waals surface area contributed by atoms with Crippen molar-refractivity contribution in [2.45, 2.75) is 51.6 Å². The normalized spacial score (nSPS) is 13.9. The van der Waals surface area contributed by atoms with Crippen LogP contribution < -0.4 is 0 Å². The Morgan fingerprint density at radius 3 is 1.71 bits per heavy atom. The zero-order chi connectivity index (χ0) is 13.5. The summed E-state index contributed by atoms with van der Waals surface area (Å²) in [6.07, 6.45) is -4.23. The first-order chi connectivity index (χ1) is 7.46. The Balaban J connectivity index is 3.26. The maximum absolute atomic E-state index is 12.9. The van der Waals surface area contributed by atoms with Gasteiger partial charge in [-0.05, 0) is 30.4 Å². The first kappa shape index (κ1) is 14.1. The lowest BCUT2D eigenvalue weighted by atomic mass is 9.79. The molecule has 0 heterocycles. The third-order valence-electron chi connectivity index (χ3n) is 3.16. The molecule has 0 atom stereocenters. The van der Waals surface area contributed by atoms with Gasteiger partial charge in [0.1, 0.15) is 0 Å². The van der Waals surface area contributed by atoms with Crippen LogP contribution in [0.15, 0.2) is 24.3 Å². The number of rotatable bonds is 1. The molecule has 3 heteroatoms. The van der Waals surface area contributed by atoms with Crippen molar-refractivity contribution in [1.29, 1.82) is 0 Å². The summed E-state index contributed by atoms with van der Waals surface area (Å²) in [4.78, 5) is 0. The lowest BCUT2D eigenvalue weighted by Gasteiger charge is -2.30. The van der Waals surface area contributed by atoms with E-state index in [0.29, 0.717) is 5.56 Å². The van der Waals surface area contributed by atoms with E-state index in [1.165, 1.54) is 13.8 Å². The Labute approximate surface area is 101 Å². The fraction of sp³-hybridized carbons (Fsp3) is 0.571. The highest BCUT2D eigenvalue weighted by atomic mass is 19.4. The molecule has 0 unspecified atom stereocenters. The number of benzene rings is 1. The molecule has 0 nitrogen and oxygen atoms in total. The van der Waals surface area contributed by atoms with Gasteiger partial charge in [-0.3, -0.25) is 0 Å². The highest BCUT2D eigenvalue weighted by molar-refractivity contribution is 5.33. The fourth-order valence-corrected chi connectivity index (χ4v) is 1.54. The highest BCUT2D eigenvalue weighted by Gasteiger charge is 2.48. The first-order valence-electron chi connectivity index (χ1n) is 5.64. The first-order valence-corrected chi connectivity index (χ1v) is 5.64. The number of alkyl halides is 3. The third-order valence-corrected chi connectivity index (χ3v) is 3.16. The molecule has 1 aromatic rings. The van der Waals surface area contributed by atoms with Crippen molar-refractivity contribution in [2.24, 2.45) is 0 Å². The lowest BCUT2D eigenvalue weighted by Crippen LogP contribution is -2.36. The van der Waals surface area contributed by atoms with Gasteiger partial charge in [-0.25, -0.2) is 0 Å². The summed E-state index contributed by atoms with van der Waals surface area (Å²) in [5.74, 6) is 0. The van der Waals surface area contributed by atoms with Crippen LogP contribution in [0.5, 0.6) is 0 Å². The monoisotopic (exact) mass is 244 g/mol. The smallest absolute Gasteiger partial charge is 0.170 e. The van der Waals surface area contributed by atoms with Crippen LogP contribution >= 0.6 is 0 Å². The van der Waals surface area contributed by atoms with Crippen LogP contribution in [0.1, 0.15) is 45.7 Å². The second-order valence-electron chi connectivity index (χ2n) is 5.95. The summed E-state index contributed by atoms with van der Waals surface area (Å²) >= 11 is 0. The summed E-state index contributed by atoms with van der Waals surface area (Å²) < 4.78 is 38.8. The standard InChI is InChI=1S/C14H19F3/c1-12(2,3)10-7-6-8-11(9-10)13(4,5)14(15,16)17/h6-9H,1-5H3. The van der Waals surface area contributed by atoms with Crippen LogP contribution in [0, 0.1) is 0 Å². The maximum Gasteiger partial charge on any atom is 0.397 e. The Morgan fingerprint density at radius 1 is 0.824 bits per heavy atom. The molecule has 0 radical (unpaired) electrons. The summed E-state index contributed by atoms with van der Waals surface area (Å²) in [7, 11) is 0. The zero-order valence-corrected chi connectivity index (χ0v) is 10.9. The van der Waals surface area contributed by atoms with E-state index >= 15 is 0 Å². The van der Waals surface area contributed by atoms with E-state index in [0.717, 1.165) is 5.56 Å². The van der Waals surface area contributed by atoms with Gasteiger partial charge in [0.25, 0.3) is 0 Å². The van der Waals surface area contributed by atoms with Gasteiger partial charge in [-0.2, -0.15) is 13.2 Å². The average Bonchev–Trinajstić information content (AvgIpc) is 2.15. The molecule has 0 bridgehead atoms. The van der Waals surface area contributed by atoms with E-state index in [1.807, 2.05) is 26.8 Å². The molecule has 0 N–H and O–H groups in total. The Bertz CT molecular complexity index is 395. The summed E-state index contributed by atoms with van der Waals surface area (Å²) in [6.45, 7) is 8.41. The predicted octanol–water partition coefficient (Wildman–Crippen LogP) is 4.82. The van der Waals surface area contributed by atoms with Gasteiger partial charge in [0.15, 0.2) is 0 Å². The minimum Gasteiger partial charge on any atom is -0.170 e. The molecule has 0 spiro atoms. The second kappa shape index (κ2) is 4.04. The van der Waals surface area contributed by atoms with Crippen LogP contribution in [-0.2, 0) is 10.8 Å². The summed E-state index contributed by atoms with van der Waals surface area (Å²) in [5.41, 5.74) is -0.712. The molecular formula is C14H19F3. The van der Waals surface area contributed by atoms with Crippen molar-refractivity contribution >= 4 is 0 Å². The molecule has 96 valence electrons. The molecule has 0 amide bonds. The number of halogens is 3. The Kier molecular flexibility index (Phi) is 3.34. The largest absolute Gasteiger partial charge is 0.397 e. The van der Waals surface area contributed by atoms with Gasteiger partial charge < -0.3 is 0 Å². The molecule has 1 rings (SSSR count). The summed E-state index contributed by atoms with van der Waals surface area (Å²) in [5, 5.41) is 0. The van der Waals surface area contributed by atoms with Crippen molar-refractivity contribution < 1.29 is 13.2 Å². The molecule has 0 saturated carbocycles. The Hall–Kier alpha value is -0.990. The van der Waals surface area contributed by atoms with E-state index in [-0.39, 0.29) is 5.41 Å². The molecule has 0 aliphatic heterocycles. The molecule has 0 aromatic heterocycles. The topological polar surface area (TPSA) is 0 Å². The fourth-order valence-electron chi connectivity index (χ4n) is 1.54. The van der Waals surface area contributed by atoms with Crippen LogP contribution in [0.3, 0.4) is 0 Å². The molecular weight excluding hydrogens is 225 g/mol. The van der Waals surface area contributed by atoms with E-state index in [1.54, 1.807) is 18.2 Å². The van der Waals surface area contributed by atoms with Gasteiger partial charge >= 0.3 is 6.18 Å². The van der Waals surface area contributed by atoms with E-state index in [4.69, 9.17) is 0 Å². The molecule has 0 aliphatic carbocycles. The van der Waals surface area contributed by atoms with Crippen LogP contribution in [-0.4, -0.2) is 6.18 Å². The minimum absolute atomic E-state index is 0.141. The van der Waals surface area contributed by atoms with Crippen LogP contribution in [0.2, 0.25) is 0 Å². The molecule has 0 saturated heterocycles. The highest BCUT2D eigenvalue weighted by Crippen LogP contribution is 2.41. The SMILES string of the molecule is CC(C)(C)c1cccc(C(C)(C)C(F)(F)F)c1. The van der Waals surface area contributed by atoms with Crippen LogP contribution in [0.25, 0.3) is 0 Å². The predicted molar refractivity (Wildman–Crippen MR) is 64.2 cm³/mol. The molecule has 0 fully saturated rings. The van der Waals surface area contributed by atoms with Gasteiger partial charge in [-0.15, -0.1) is 0 Å². The average molecular weight is 244 g/mol. The number of hydrogen-bond acceptors (Lipinski definition) is 0. The van der Waals surface area contributed by atoms with Crippen molar-refractivity contribution in [1.82, 2.24) is 0 Å². The quantitative estimate of drug-likeness (QED) is 0.664. The van der Waals surface area contributed by atoms with Crippen molar-refractivity contribution in [2.75, 3.05) is 0 Å². The van der Waals surface area contributed by atoms with Crippen molar-refractivity contribution in [3.05, 3.63) is 35.4 Å². The van der Waals surface area contributed by atoms with Gasteiger partial charge in [-0.1, -0.05) is 45.0 Å². The number of hydrogen-bond donors (Lipinski definition) is 0. The molecule has 1 aromatic carbocycles. The van der Waals surface area contributed by atoms with E-state index in [2.05, 4.69) is 0 Å². The van der Waals surface area contributed by atoms with E-state index < -0.39 is 11.6 Å². The van der Waals surface area contributed by atoms with Gasteiger partial charge in [0.2, 0.25) is 0 Å². The van der Waals surface area contributed by atoms with Crippen LogP contribution in [0.4, 0.5) is 13.2 Å². The van der Waals surface area contributed by atoms with Gasteiger partial charge in [0.05, 0.1) is 5.41 Å². The summed E-state index contributed by atoms with van der Waals surface area (Å²) in [6, 6.07) is 6.77. The maximum atomic E-state index is 12.9. The Morgan fingerprint density at radius 2 is 1.29 bits per heavy atom. The van der Waals surface area contributed by atoms with Crippen molar-refractivity contribution in [3.63, 3.8) is 0 Å². The van der Waals surface area contributed by atoms with E-state index in [9.17, 15) is 13.2 Å². The van der Waals surface area contributed by atoms with Crippen molar-refractivity contribution in [3.8, 4) is 0 Å². The third kappa shape index (κ3) is 2.82. The minimum atomic E-state index is -4.23. The molecule has 0 aliphatic rings. The second-order valence-corrected chi connectivity index (χ2v) is 5.95. The lowest BCUT2D eigenvalue weighted by molar-refractivity contribution is -0.180. The van der Waals surface area contributed by atoms with Gasteiger partial charge in [0, 0.05) is 0 Å². The molecule has 17 heavy (non-hydrogen) atoms. The zero-order valence-electron chi connectivity index (χ0n) is 10.9.